The van der Waals surface area contributed by atoms with Gasteiger partial charge in [0.2, 0.25) is 0 Å². The third kappa shape index (κ3) is 4.30. The predicted octanol–water partition coefficient (Wildman–Crippen LogP) is 14.0. The van der Waals surface area contributed by atoms with Crippen molar-refractivity contribution in [3.05, 3.63) is 229 Å². The third-order valence-electron chi connectivity index (χ3n) is 11.7. The Labute approximate surface area is 309 Å². The van der Waals surface area contributed by atoms with Crippen molar-refractivity contribution >= 4 is 43.1 Å². The second-order valence-electron chi connectivity index (χ2n) is 14.3. The van der Waals surface area contributed by atoms with Gasteiger partial charge >= 0.3 is 0 Å². The SMILES string of the molecule is c1ccc(C2(c3ccccc3)c3ccccc3-c3cccc4c(-c5ccc(-c6c7ccccc7cc7c6ccc6ccccc67)cc5)ccc2c34)cc1. The zero-order chi connectivity index (χ0) is 34.9. The largest absolute Gasteiger partial charge is 0.0713 e. The molecule has 11 rings (SSSR count). The van der Waals surface area contributed by atoms with Gasteiger partial charge in [-0.3, -0.25) is 0 Å². The molecule has 0 saturated carbocycles. The number of benzene rings is 10. The van der Waals surface area contributed by atoms with Gasteiger partial charge in [-0.2, -0.15) is 0 Å². The Bertz CT molecular complexity index is 2990. The second-order valence-corrected chi connectivity index (χ2v) is 14.3. The fourth-order valence-corrected chi connectivity index (χ4v) is 9.50. The van der Waals surface area contributed by atoms with E-state index >= 15 is 0 Å². The highest BCUT2D eigenvalue weighted by Gasteiger charge is 2.44. The molecule has 0 saturated heterocycles. The molecular formula is C53H34. The van der Waals surface area contributed by atoms with Gasteiger partial charge in [0.25, 0.3) is 0 Å². The maximum absolute atomic E-state index is 2.41. The maximum Gasteiger partial charge on any atom is 0.0713 e. The van der Waals surface area contributed by atoms with Crippen LogP contribution in [-0.4, -0.2) is 0 Å². The van der Waals surface area contributed by atoms with Crippen LogP contribution in [0.15, 0.2) is 206 Å². The van der Waals surface area contributed by atoms with E-state index in [4.69, 9.17) is 0 Å². The monoisotopic (exact) mass is 670 g/mol. The number of hydrogen-bond acceptors (Lipinski definition) is 0. The molecule has 246 valence electrons. The molecule has 10 aromatic rings. The molecule has 0 heteroatoms. The number of fused-ring (bicyclic) bond motifs is 6. The summed E-state index contributed by atoms with van der Waals surface area (Å²) in [6.45, 7) is 0. The average Bonchev–Trinajstić information content (AvgIpc) is 3.24. The summed E-state index contributed by atoms with van der Waals surface area (Å²) in [7, 11) is 0. The predicted molar refractivity (Wildman–Crippen MR) is 225 cm³/mol. The standard InChI is InChI=1S/C53H34/c1-3-16-39(17-4-1)53(40-18-5-2-6-19-40)49-25-12-11-22-44(49)46-24-13-23-45-42(32-33-50(53)52(45)46)36-26-28-37(29-27-36)51-43-21-10-8-15-38(43)34-48-41-20-9-7-14-35(41)30-31-47(48)51/h1-34H. The minimum Gasteiger partial charge on any atom is -0.0622 e. The summed E-state index contributed by atoms with van der Waals surface area (Å²) in [5.41, 5.74) is 12.3. The topological polar surface area (TPSA) is 0 Å². The van der Waals surface area contributed by atoms with E-state index in [2.05, 4.69) is 206 Å². The van der Waals surface area contributed by atoms with Crippen LogP contribution in [0.2, 0.25) is 0 Å². The lowest BCUT2D eigenvalue weighted by atomic mass is 9.59. The summed E-state index contributed by atoms with van der Waals surface area (Å²) in [6, 6.07) is 76.6. The Kier molecular flexibility index (Phi) is 6.57. The van der Waals surface area contributed by atoms with Crippen molar-refractivity contribution in [1.82, 2.24) is 0 Å². The first kappa shape index (κ1) is 29.9. The molecule has 0 radical (unpaired) electrons. The summed E-state index contributed by atoms with van der Waals surface area (Å²) >= 11 is 0. The molecule has 0 bridgehead atoms. The van der Waals surface area contributed by atoms with Gasteiger partial charge in [-0.1, -0.05) is 200 Å². The fourth-order valence-electron chi connectivity index (χ4n) is 9.50. The average molecular weight is 671 g/mol. The van der Waals surface area contributed by atoms with Crippen LogP contribution >= 0.6 is 0 Å². The van der Waals surface area contributed by atoms with E-state index in [0.717, 1.165) is 0 Å². The molecule has 1 aliphatic rings. The highest BCUT2D eigenvalue weighted by Crippen LogP contribution is 2.56. The van der Waals surface area contributed by atoms with Gasteiger partial charge in [0, 0.05) is 0 Å². The van der Waals surface area contributed by atoms with Gasteiger partial charge in [-0.15, -0.1) is 0 Å². The zero-order valence-corrected chi connectivity index (χ0v) is 29.1. The summed E-state index contributed by atoms with van der Waals surface area (Å²) in [5, 5.41) is 10.3. The van der Waals surface area contributed by atoms with Crippen molar-refractivity contribution in [2.24, 2.45) is 0 Å². The Hall–Kier alpha value is -6.76. The molecule has 0 amide bonds. The van der Waals surface area contributed by atoms with Gasteiger partial charge in [-0.05, 0) is 105 Å². The molecule has 0 aromatic heterocycles. The van der Waals surface area contributed by atoms with Crippen LogP contribution in [0.3, 0.4) is 0 Å². The Balaban J connectivity index is 1.14. The fraction of sp³-hybridized carbons (Fsp3) is 0.0189. The highest BCUT2D eigenvalue weighted by atomic mass is 14.4. The summed E-state index contributed by atoms with van der Waals surface area (Å²) in [5.74, 6) is 0. The normalized spacial score (nSPS) is 13.1. The lowest BCUT2D eigenvalue weighted by molar-refractivity contribution is 0.750. The molecule has 0 unspecified atom stereocenters. The molecule has 0 aliphatic heterocycles. The van der Waals surface area contributed by atoms with Crippen molar-refractivity contribution in [1.29, 1.82) is 0 Å². The van der Waals surface area contributed by atoms with Crippen molar-refractivity contribution in [3.63, 3.8) is 0 Å². The van der Waals surface area contributed by atoms with Gasteiger partial charge < -0.3 is 0 Å². The van der Waals surface area contributed by atoms with E-state index in [-0.39, 0.29) is 0 Å². The Morgan fingerprint density at radius 1 is 0.283 bits per heavy atom. The van der Waals surface area contributed by atoms with E-state index in [1.807, 2.05) is 0 Å². The third-order valence-corrected chi connectivity index (χ3v) is 11.7. The van der Waals surface area contributed by atoms with Crippen molar-refractivity contribution < 1.29 is 0 Å². The van der Waals surface area contributed by atoms with Crippen LogP contribution in [0.1, 0.15) is 22.3 Å². The highest BCUT2D eigenvalue weighted by molar-refractivity contribution is 6.20. The van der Waals surface area contributed by atoms with Crippen molar-refractivity contribution in [2.75, 3.05) is 0 Å². The van der Waals surface area contributed by atoms with Crippen LogP contribution in [-0.2, 0) is 5.41 Å². The van der Waals surface area contributed by atoms with Crippen LogP contribution < -0.4 is 0 Å². The molecule has 0 spiro atoms. The molecule has 0 nitrogen and oxygen atoms in total. The van der Waals surface area contributed by atoms with Crippen LogP contribution in [0, 0.1) is 0 Å². The summed E-state index contributed by atoms with van der Waals surface area (Å²) in [6.07, 6.45) is 0. The summed E-state index contributed by atoms with van der Waals surface area (Å²) < 4.78 is 0. The molecule has 53 heavy (non-hydrogen) atoms. The minimum absolute atomic E-state index is 0.465. The molecule has 0 fully saturated rings. The Morgan fingerprint density at radius 2 is 0.887 bits per heavy atom. The Morgan fingerprint density at radius 3 is 1.66 bits per heavy atom. The van der Waals surface area contributed by atoms with Crippen LogP contribution in [0.25, 0.3) is 76.5 Å². The first-order valence-corrected chi connectivity index (χ1v) is 18.5. The van der Waals surface area contributed by atoms with Crippen molar-refractivity contribution in [2.45, 2.75) is 5.41 Å². The number of rotatable bonds is 4. The van der Waals surface area contributed by atoms with Crippen molar-refractivity contribution in [3.8, 4) is 33.4 Å². The van der Waals surface area contributed by atoms with Crippen LogP contribution in [0.4, 0.5) is 0 Å². The molecule has 10 aromatic carbocycles. The second kappa shape index (κ2) is 11.6. The molecule has 0 atom stereocenters. The van der Waals surface area contributed by atoms with E-state index in [0.29, 0.717) is 0 Å². The molecule has 1 aliphatic carbocycles. The zero-order valence-electron chi connectivity index (χ0n) is 29.1. The van der Waals surface area contributed by atoms with E-state index in [1.165, 1.54) is 98.7 Å². The minimum atomic E-state index is -0.465. The smallest absolute Gasteiger partial charge is 0.0622 e. The first-order chi connectivity index (χ1) is 26.3. The maximum atomic E-state index is 2.41. The quantitative estimate of drug-likeness (QED) is 0.129. The van der Waals surface area contributed by atoms with Gasteiger partial charge in [0.05, 0.1) is 5.41 Å². The van der Waals surface area contributed by atoms with Crippen LogP contribution in [0.5, 0.6) is 0 Å². The number of hydrogen-bond donors (Lipinski definition) is 0. The summed E-state index contributed by atoms with van der Waals surface area (Å²) in [4.78, 5) is 0. The van der Waals surface area contributed by atoms with E-state index < -0.39 is 5.41 Å². The van der Waals surface area contributed by atoms with E-state index in [1.54, 1.807) is 0 Å². The molecular weight excluding hydrogens is 637 g/mol. The lowest BCUT2D eigenvalue weighted by Crippen LogP contribution is -2.33. The van der Waals surface area contributed by atoms with Gasteiger partial charge in [-0.25, -0.2) is 0 Å². The van der Waals surface area contributed by atoms with Gasteiger partial charge in [0.15, 0.2) is 0 Å². The van der Waals surface area contributed by atoms with Gasteiger partial charge in [0.1, 0.15) is 0 Å². The lowest BCUT2D eigenvalue weighted by Gasteiger charge is -2.42. The van der Waals surface area contributed by atoms with E-state index in [9.17, 15) is 0 Å². The molecule has 0 N–H and O–H groups in total. The molecule has 0 heterocycles. The first-order valence-electron chi connectivity index (χ1n) is 18.5.